The molecule has 7 nitrogen and oxygen atoms in total. The first-order valence-electron chi connectivity index (χ1n) is 9.24. The molecule has 2 fully saturated rings. The second-order valence-electron chi connectivity index (χ2n) is 7.18. The number of esters is 1. The number of hydrogen-bond donors (Lipinski definition) is 1. The molecule has 1 aromatic rings. The Bertz CT molecular complexity index is 717. The molecule has 1 amide bonds. The van der Waals surface area contributed by atoms with Gasteiger partial charge in [-0.3, -0.25) is 4.79 Å². The Morgan fingerprint density at radius 3 is 2.63 bits per heavy atom. The van der Waals surface area contributed by atoms with E-state index in [1.807, 2.05) is 0 Å². The number of ether oxygens (including phenoxy) is 3. The predicted molar refractivity (Wildman–Crippen MR) is 96.1 cm³/mol. The minimum Gasteiger partial charge on any atom is -0.491 e. The first-order valence-corrected chi connectivity index (χ1v) is 9.24. The molecule has 1 saturated heterocycles. The molecule has 3 rings (SSSR count). The number of rotatable bonds is 8. The Kier molecular flexibility index (Phi) is 5.97. The van der Waals surface area contributed by atoms with Crippen molar-refractivity contribution in [1.82, 2.24) is 5.32 Å². The molecule has 1 heterocycles. The molecule has 1 aliphatic carbocycles. The summed E-state index contributed by atoms with van der Waals surface area (Å²) < 4.78 is 16.2. The zero-order chi connectivity index (χ0) is 19.3. The third kappa shape index (κ3) is 5.20. The van der Waals surface area contributed by atoms with E-state index in [1.54, 1.807) is 31.2 Å². The second-order valence-corrected chi connectivity index (χ2v) is 7.18. The summed E-state index contributed by atoms with van der Waals surface area (Å²) in [5.41, 5.74) is -0.566. The van der Waals surface area contributed by atoms with Crippen molar-refractivity contribution < 1.29 is 23.8 Å². The molecule has 1 aliphatic heterocycles. The van der Waals surface area contributed by atoms with Crippen LogP contribution in [0.3, 0.4) is 0 Å². The van der Waals surface area contributed by atoms with Gasteiger partial charge >= 0.3 is 5.97 Å². The maximum atomic E-state index is 12.1. The average molecular weight is 372 g/mol. The normalized spacial score (nSPS) is 21.0. The van der Waals surface area contributed by atoms with E-state index in [0.29, 0.717) is 17.9 Å². The fraction of sp³-hybridized carbons (Fsp3) is 0.550. The van der Waals surface area contributed by atoms with Crippen molar-refractivity contribution in [2.75, 3.05) is 19.8 Å². The van der Waals surface area contributed by atoms with Gasteiger partial charge in [0.25, 0.3) is 5.91 Å². The number of nitrogens with one attached hydrogen (secondary N) is 1. The van der Waals surface area contributed by atoms with Gasteiger partial charge in [-0.25, -0.2) is 4.79 Å². The van der Waals surface area contributed by atoms with Crippen molar-refractivity contribution in [2.45, 2.75) is 44.2 Å². The zero-order valence-electron chi connectivity index (χ0n) is 15.4. The van der Waals surface area contributed by atoms with Crippen LogP contribution in [0.25, 0.3) is 0 Å². The van der Waals surface area contributed by atoms with Gasteiger partial charge in [-0.2, -0.15) is 5.26 Å². The van der Waals surface area contributed by atoms with Gasteiger partial charge in [0, 0.05) is 6.61 Å². The van der Waals surface area contributed by atoms with Gasteiger partial charge < -0.3 is 19.5 Å². The van der Waals surface area contributed by atoms with E-state index in [1.165, 1.54) is 0 Å². The van der Waals surface area contributed by atoms with Crippen LogP contribution in [0.4, 0.5) is 0 Å². The van der Waals surface area contributed by atoms with Crippen LogP contribution in [-0.2, 0) is 14.3 Å². The Labute approximate surface area is 158 Å². The van der Waals surface area contributed by atoms with Gasteiger partial charge in [-0.1, -0.05) is 0 Å². The van der Waals surface area contributed by atoms with Crippen molar-refractivity contribution >= 4 is 11.9 Å². The average Bonchev–Trinajstić information content (AvgIpc) is 3.42. The van der Waals surface area contributed by atoms with Gasteiger partial charge in [0.15, 0.2) is 6.61 Å². The topological polar surface area (TPSA) is 97.7 Å². The van der Waals surface area contributed by atoms with Crippen LogP contribution in [-0.4, -0.2) is 43.3 Å². The summed E-state index contributed by atoms with van der Waals surface area (Å²) >= 11 is 0. The summed E-state index contributed by atoms with van der Waals surface area (Å²) in [6.07, 6.45) is 4.03. The summed E-state index contributed by atoms with van der Waals surface area (Å²) in [5, 5.41) is 11.9. The number of carbonyl (C=O) groups excluding carboxylic acids is 2. The van der Waals surface area contributed by atoms with Gasteiger partial charge in [0.05, 0.1) is 17.7 Å². The molecule has 2 aliphatic rings. The Morgan fingerprint density at radius 1 is 1.30 bits per heavy atom. The van der Waals surface area contributed by atoms with Crippen LogP contribution in [0.15, 0.2) is 24.3 Å². The summed E-state index contributed by atoms with van der Waals surface area (Å²) in [6, 6.07) is 8.69. The van der Waals surface area contributed by atoms with Gasteiger partial charge in [0.2, 0.25) is 0 Å². The summed E-state index contributed by atoms with van der Waals surface area (Å²) in [6.45, 7) is 2.54. The van der Waals surface area contributed by atoms with E-state index in [2.05, 4.69) is 11.4 Å². The number of carbonyl (C=O) groups is 2. The molecule has 0 bridgehead atoms. The number of hydrogen-bond acceptors (Lipinski definition) is 6. The highest BCUT2D eigenvalue weighted by molar-refractivity contribution is 5.91. The second kappa shape index (κ2) is 8.40. The third-order valence-electron chi connectivity index (χ3n) is 4.91. The van der Waals surface area contributed by atoms with Crippen molar-refractivity contribution in [3.8, 4) is 11.8 Å². The molecular formula is C20H24N2O5. The lowest BCUT2D eigenvalue weighted by atomic mass is 9.98. The van der Waals surface area contributed by atoms with E-state index in [9.17, 15) is 14.9 Å². The van der Waals surface area contributed by atoms with Crippen LogP contribution >= 0.6 is 0 Å². The molecule has 144 valence electrons. The lowest BCUT2D eigenvalue weighted by Gasteiger charge is -2.22. The molecule has 7 heteroatoms. The van der Waals surface area contributed by atoms with Crippen LogP contribution in [0, 0.1) is 17.2 Å². The molecule has 1 saturated carbocycles. The molecule has 2 unspecified atom stereocenters. The first kappa shape index (κ1) is 19.2. The highest BCUT2D eigenvalue weighted by Crippen LogP contribution is 2.39. The van der Waals surface area contributed by atoms with E-state index in [4.69, 9.17) is 14.2 Å². The van der Waals surface area contributed by atoms with Crippen LogP contribution < -0.4 is 10.1 Å². The quantitative estimate of drug-likeness (QED) is 0.703. The Morgan fingerprint density at radius 2 is 2.04 bits per heavy atom. The maximum Gasteiger partial charge on any atom is 0.338 e. The van der Waals surface area contributed by atoms with Crippen LogP contribution in [0.2, 0.25) is 0 Å². The molecule has 1 N–H and O–H groups in total. The van der Waals surface area contributed by atoms with Crippen molar-refractivity contribution in [1.29, 1.82) is 5.26 Å². The smallest absolute Gasteiger partial charge is 0.338 e. The number of amides is 1. The number of nitriles is 1. The van der Waals surface area contributed by atoms with E-state index in [-0.39, 0.29) is 12.0 Å². The number of nitrogens with zero attached hydrogens (tertiary/aromatic N) is 1. The minimum atomic E-state index is -0.897. The SMILES string of the molecule is CC(C#N)(NC(=O)COC(=O)c1ccc(OCC2CCCO2)cc1)C1CC1. The van der Waals surface area contributed by atoms with Crippen LogP contribution in [0.5, 0.6) is 5.75 Å². The fourth-order valence-corrected chi connectivity index (χ4v) is 3.07. The van der Waals surface area contributed by atoms with Crippen molar-refractivity contribution in [2.24, 2.45) is 5.92 Å². The largest absolute Gasteiger partial charge is 0.491 e. The van der Waals surface area contributed by atoms with Crippen molar-refractivity contribution in [3.05, 3.63) is 29.8 Å². The standard InChI is InChI=1S/C20H24N2O5/c1-20(13-21,15-6-7-15)22-18(23)12-27-19(24)14-4-8-16(9-5-14)26-11-17-3-2-10-25-17/h4-5,8-9,15,17H,2-3,6-7,10-12H2,1H3,(H,22,23). The highest BCUT2D eigenvalue weighted by Gasteiger charge is 2.43. The van der Waals surface area contributed by atoms with Gasteiger partial charge in [-0.15, -0.1) is 0 Å². The lowest BCUT2D eigenvalue weighted by molar-refractivity contribution is -0.125. The first-order chi connectivity index (χ1) is 13.0. The lowest BCUT2D eigenvalue weighted by Crippen LogP contribution is -2.48. The fourth-order valence-electron chi connectivity index (χ4n) is 3.07. The Balaban J connectivity index is 1.43. The molecule has 0 spiro atoms. The highest BCUT2D eigenvalue weighted by atomic mass is 16.5. The zero-order valence-corrected chi connectivity index (χ0v) is 15.4. The monoisotopic (exact) mass is 372 g/mol. The Hall–Kier alpha value is -2.59. The third-order valence-corrected chi connectivity index (χ3v) is 4.91. The summed E-state index contributed by atoms with van der Waals surface area (Å²) in [5.74, 6) is -0.255. The van der Waals surface area contributed by atoms with Gasteiger partial charge in [-0.05, 0) is 62.8 Å². The van der Waals surface area contributed by atoms with Gasteiger partial charge in [0.1, 0.15) is 17.9 Å². The minimum absolute atomic E-state index is 0.128. The molecule has 0 aromatic heterocycles. The maximum absolute atomic E-state index is 12.1. The molecule has 0 radical (unpaired) electrons. The molecule has 1 aromatic carbocycles. The molecule has 27 heavy (non-hydrogen) atoms. The number of benzene rings is 1. The molecule has 2 atom stereocenters. The van der Waals surface area contributed by atoms with Crippen molar-refractivity contribution in [3.63, 3.8) is 0 Å². The molecular weight excluding hydrogens is 348 g/mol. The van der Waals surface area contributed by atoms with E-state index >= 15 is 0 Å². The summed E-state index contributed by atoms with van der Waals surface area (Å²) in [4.78, 5) is 24.1. The van der Waals surface area contributed by atoms with E-state index < -0.39 is 24.0 Å². The van der Waals surface area contributed by atoms with Crippen LogP contribution in [0.1, 0.15) is 43.0 Å². The summed E-state index contributed by atoms with van der Waals surface area (Å²) in [7, 11) is 0. The predicted octanol–water partition coefficient (Wildman–Crippen LogP) is 2.21. The van der Waals surface area contributed by atoms with E-state index in [0.717, 1.165) is 32.3 Å².